The quantitative estimate of drug-likeness (QED) is 0.814. The highest BCUT2D eigenvalue weighted by molar-refractivity contribution is 5.94. The molecule has 1 aliphatic rings. The van der Waals surface area contributed by atoms with E-state index in [9.17, 15) is 14.0 Å². The van der Waals surface area contributed by atoms with E-state index in [0.717, 1.165) is 6.07 Å². The summed E-state index contributed by atoms with van der Waals surface area (Å²) in [7, 11) is 0. The molecule has 0 aromatic carbocycles. The highest BCUT2D eigenvalue weighted by Gasteiger charge is 2.26. The monoisotopic (exact) mass is 266 g/mol. The number of carbonyl (C=O) groups is 2. The van der Waals surface area contributed by atoms with E-state index in [1.807, 2.05) is 0 Å². The number of aliphatic carboxylic acids is 1. The fourth-order valence-corrected chi connectivity index (χ4v) is 2.26. The summed E-state index contributed by atoms with van der Waals surface area (Å²) >= 11 is 0. The molecule has 19 heavy (non-hydrogen) atoms. The molecule has 1 aliphatic carbocycles. The molecule has 6 heteroatoms. The van der Waals surface area contributed by atoms with E-state index < -0.39 is 11.9 Å². The molecule has 1 aromatic rings. The van der Waals surface area contributed by atoms with Crippen molar-refractivity contribution in [1.29, 1.82) is 0 Å². The Kier molecular flexibility index (Phi) is 4.09. The first-order valence-electron chi connectivity index (χ1n) is 6.21. The lowest BCUT2D eigenvalue weighted by molar-refractivity contribution is -0.142. The molecule has 0 spiro atoms. The topological polar surface area (TPSA) is 79.3 Å². The van der Waals surface area contributed by atoms with Crippen molar-refractivity contribution in [2.75, 3.05) is 0 Å². The van der Waals surface area contributed by atoms with Crippen LogP contribution in [0.1, 0.15) is 36.0 Å². The van der Waals surface area contributed by atoms with E-state index in [4.69, 9.17) is 5.11 Å². The maximum atomic E-state index is 12.6. The van der Waals surface area contributed by atoms with Gasteiger partial charge in [-0.1, -0.05) is 0 Å². The molecule has 2 rings (SSSR count). The highest BCUT2D eigenvalue weighted by atomic mass is 19.1. The zero-order valence-electron chi connectivity index (χ0n) is 10.3. The fraction of sp³-hybridized carbons (Fsp3) is 0.462. The van der Waals surface area contributed by atoms with Gasteiger partial charge >= 0.3 is 5.97 Å². The summed E-state index contributed by atoms with van der Waals surface area (Å²) < 4.78 is 12.6. The number of nitrogens with one attached hydrogen (secondary N) is 1. The maximum Gasteiger partial charge on any atom is 0.306 e. The Morgan fingerprint density at radius 1 is 1.26 bits per heavy atom. The number of amides is 1. The van der Waals surface area contributed by atoms with Gasteiger partial charge in [-0.15, -0.1) is 0 Å². The highest BCUT2D eigenvalue weighted by Crippen LogP contribution is 2.24. The van der Waals surface area contributed by atoms with Gasteiger partial charge in [0.2, 0.25) is 5.95 Å². The third-order valence-corrected chi connectivity index (χ3v) is 3.40. The lowest BCUT2D eigenvalue weighted by Gasteiger charge is -2.26. The summed E-state index contributed by atoms with van der Waals surface area (Å²) in [4.78, 5) is 26.1. The molecule has 0 atom stereocenters. The molecule has 0 radical (unpaired) electrons. The largest absolute Gasteiger partial charge is 0.481 e. The van der Waals surface area contributed by atoms with Crippen molar-refractivity contribution < 1.29 is 19.1 Å². The normalized spacial score (nSPS) is 22.8. The van der Waals surface area contributed by atoms with E-state index in [-0.39, 0.29) is 17.9 Å². The zero-order valence-corrected chi connectivity index (χ0v) is 10.3. The van der Waals surface area contributed by atoms with Crippen LogP contribution in [0, 0.1) is 11.9 Å². The van der Waals surface area contributed by atoms with Gasteiger partial charge in [0.15, 0.2) is 0 Å². The number of carbonyl (C=O) groups excluding carboxylic acids is 1. The van der Waals surface area contributed by atoms with E-state index in [2.05, 4.69) is 10.3 Å². The molecule has 5 nitrogen and oxygen atoms in total. The average Bonchev–Trinajstić information content (AvgIpc) is 2.40. The van der Waals surface area contributed by atoms with E-state index >= 15 is 0 Å². The van der Waals surface area contributed by atoms with Crippen molar-refractivity contribution in [3.05, 3.63) is 29.8 Å². The van der Waals surface area contributed by atoms with Crippen LogP contribution < -0.4 is 5.32 Å². The van der Waals surface area contributed by atoms with Crippen molar-refractivity contribution in [1.82, 2.24) is 10.3 Å². The Morgan fingerprint density at radius 2 is 1.95 bits per heavy atom. The average molecular weight is 266 g/mol. The minimum Gasteiger partial charge on any atom is -0.481 e. The predicted octanol–water partition coefficient (Wildman–Crippen LogP) is 1.59. The number of nitrogens with zero attached hydrogens (tertiary/aromatic N) is 1. The van der Waals surface area contributed by atoms with Crippen LogP contribution in [-0.2, 0) is 4.79 Å². The SMILES string of the molecule is O=C(NC1CCC(C(=O)O)CC1)c1ccc(F)nc1. The van der Waals surface area contributed by atoms with E-state index in [1.54, 1.807) is 0 Å². The maximum absolute atomic E-state index is 12.6. The van der Waals surface area contributed by atoms with Crippen LogP contribution in [0.4, 0.5) is 4.39 Å². The zero-order chi connectivity index (χ0) is 13.8. The second-order valence-electron chi connectivity index (χ2n) is 4.73. The summed E-state index contributed by atoms with van der Waals surface area (Å²) in [5.74, 6) is -2.00. The van der Waals surface area contributed by atoms with Crippen molar-refractivity contribution >= 4 is 11.9 Å². The van der Waals surface area contributed by atoms with Crippen molar-refractivity contribution in [3.8, 4) is 0 Å². The summed E-state index contributed by atoms with van der Waals surface area (Å²) in [5.41, 5.74) is 0.307. The van der Waals surface area contributed by atoms with Gasteiger partial charge in [0.05, 0.1) is 11.5 Å². The molecule has 102 valence electrons. The molecule has 0 saturated heterocycles. The van der Waals surface area contributed by atoms with Crippen molar-refractivity contribution in [3.63, 3.8) is 0 Å². The summed E-state index contributed by atoms with van der Waals surface area (Å²) in [5, 5.41) is 11.7. The molecule has 1 fully saturated rings. The van der Waals surface area contributed by atoms with Gasteiger partial charge in [-0.3, -0.25) is 9.59 Å². The summed E-state index contributed by atoms with van der Waals surface area (Å²) in [6.45, 7) is 0. The third-order valence-electron chi connectivity index (χ3n) is 3.40. The molecule has 1 amide bonds. The van der Waals surface area contributed by atoms with Gasteiger partial charge in [-0.25, -0.2) is 4.98 Å². The first-order chi connectivity index (χ1) is 9.06. The number of carboxylic acid groups (broad SMARTS) is 1. The molecule has 0 bridgehead atoms. The number of hydrogen-bond acceptors (Lipinski definition) is 3. The minimum absolute atomic E-state index is 0.0202. The minimum atomic E-state index is -0.771. The van der Waals surface area contributed by atoms with Crippen LogP contribution in [0.3, 0.4) is 0 Å². The fourth-order valence-electron chi connectivity index (χ4n) is 2.26. The van der Waals surface area contributed by atoms with Crippen LogP contribution in [0.2, 0.25) is 0 Å². The van der Waals surface area contributed by atoms with Crippen molar-refractivity contribution in [2.24, 2.45) is 5.92 Å². The van der Waals surface area contributed by atoms with Gasteiger partial charge in [0.25, 0.3) is 5.91 Å². The Bertz CT molecular complexity index is 467. The van der Waals surface area contributed by atoms with Crippen LogP contribution in [-0.4, -0.2) is 28.0 Å². The molecule has 0 aliphatic heterocycles. The second-order valence-corrected chi connectivity index (χ2v) is 4.73. The molecular formula is C13H15FN2O3. The van der Waals surface area contributed by atoms with Gasteiger partial charge in [-0.2, -0.15) is 4.39 Å². The molecule has 2 N–H and O–H groups in total. The first-order valence-corrected chi connectivity index (χ1v) is 6.21. The second kappa shape index (κ2) is 5.77. The van der Waals surface area contributed by atoms with E-state index in [0.29, 0.717) is 31.2 Å². The Morgan fingerprint density at radius 3 is 2.47 bits per heavy atom. The van der Waals surface area contributed by atoms with Gasteiger partial charge < -0.3 is 10.4 Å². The number of hydrogen-bond donors (Lipinski definition) is 2. The summed E-state index contributed by atoms with van der Waals surface area (Å²) in [6.07, 6.45) is 3.63. The predicted molar refractivity (Wildman–Crippen MR) is 65.0 cm³/mol. The molecule has 1 heterocycles. The van der Waals surface area contributed by atoms with E-state index in [1.165, 1.54) is 12.3 Å². The lowest BCUT2D eigenvalue weighted by atomic mass is 9.86. The number of aromatic nitrogens is 1. The Labute approximate surface area is 109 Å². The third kappa shape index (κ3) is 3.49. The van der Waals surface area contributed by atoms with Crippen LogP contribution in [0.15, 0.2) is 18.3 Å². The Hall–Kier alpha value is -1.98. The lowest BCUT2D eigenvalue weighted by Crippen LogP contribution is -2.38. The molecule has 1 saturated carbocycles. The summed E-state index contributed by atoms with van der Waals surface area (Å²) in [6, 6.07) is 2.49. The number of carboxylic acids is 1. The molecule has 0 unspecified atom stereocenters. The number of rotatable bonds is 3. The standard InChI is InChI=1S/C13H15FN2O3/c14-11-6-3-9(7-15-11)12(17)16-10-4-1-8(2-5-10)13(18)19/h3,6-8,10H,1-2,4-5H2,(H,16,17)(H,18,19). The smallest absolute Gasteiger partial charge is 0.306 e. The van der Waals surface area contributed by atoms with Gasteiger partial charge in [0.1, 0.15) is 0 Å². The number of halogens is 1. The molecule has 1 aromatic heterocycles. The first kappa shape index (κ1) is 13.5. The van der Waals surface area contributed by atoms with Crippen molar-refractivity contribution in [2.45, 2.75) is 31.7 Å². The molecular weight excluding hydrogens is 251 g/mol. The van der Waals surface area contributed by atoms with Crippen LogP contribution in [0.5, 0.6) is 0 Å². The van der Waals surface area contributed by atoms with Gasteiger partial charge in [0, 0.05) is 12.2 Å². The van der Waals surface area contributed by atoms with Crippen LogP contribution >= 0.6 is 0 Å². The van der Waals surface area contributed by atoms with Crippen LogP contribution in [0.25, 0.3) is 0 Å². The Balaban J connectivity index is 1.87. The number of pyridine rings is 1. The van der Waals surface area contributed by atoms with Gasteiger partial charge in [-0.05, 0) is 37.8 Å².